The lowest BCUT2D eigenvalue weighted by molar-refractivity contribution is -0.140. The van der Waals surface area contributed by atoms with Crippen LogP contribution in [0.5, 0.6) is 0 Å². The largest absolute Gasteiger partial charge is 0.368 e. The van der Waals surface area contributed by atoms with Gasteiger partial charge in [0.1, 0.15) is 6.10 Å². The van der Waals surface area contributed by atoms with Gasteiger partial charge in [-0.3, -0.25) is 4.79 Å². The van der Waals surface area contributed by atoms with E-state index in [2.05, 4.69) is 22.1 Å². The molecule has 1 aromatic heterocycles. The van der Waals surface area contributed by atoms with Crippen molar-refractivity contribution < 1.29 is 9.53 Å². The first-order valence-electron chi connectivity index (χ1n) is 9.09. The van der Waals surface area contributed by atoms with Crippen LogP contribution in [0.15, 0.2) is 42.6 Å². The van der Waals surface area contributed by atoms with Crippen molar-refractivity contribution in [2.45, 2.75) is 18.4 Å². The van der Waals surface area contributed by atoms with Crippen molar-refractivity contribution in [3.05, 3.63) is 53.9 Å². The first-order chi connectivity index (χ1) is 12.6. The Hall–Kier alpha value is -2.47. The molecule has 0 bridgehead atoms. The highest BCUT2D eigenvalue weighted by Gasteiger charge is 2.46. The van der Waals surface area contributed by atoms with E-state index in [-0.39, 0.29) is 17.9 Å². The second-order valence-corrected chi connectivity index (χ2v) is 7.18. The molecule has 0 N–H and O–H groups in total. The molecule has 4 rings (SSSR count). The number of ether oxygens (including phenoxy) is 1. The molecule has 2 aromatic rings. The molecule has 26 heavy (non-hydrogen) atoms. The summed E-state index contributed by atoms with van der Waals surface area (Å²) in [6, 6.07) is 12.2. The van der Waals surface area contributed by atoms with E-state index >= 15 is 0 Å². The van der Waals surface area contributed by atoms with Gasteiger partial charge in [-0.05, 0) is 24.0 Å². The lowest BCUT2D eigenvalue weighted by Gasteiger charge is -2.33. The van der Waals surface area contributed by atoms with E-state index in [0.717, 1.165) is 12.1 Å². The molecule has 0 spiro atoms. The molecule has 1 saturated heterocycles. The monoisotopic (exact) mass is 352 g/mol. The summed E-state index contributed by atoms with van der Waals surface area (Å²) in [6.45, 7) is 1.75. The molecule has 1 aromatic carbocycles. The molecule has 1 amide bonds. The standard InChI is InChI=1S/C20H24N4O2/c1-23(2)20-21-9-8-17(22-20)18-13-24(10-11-26-18)19(25)16-12-15(16)14-6-4-3-5-7-14/h3-9,15-16,18H,10-13H2,1-2H3. The van der Waals surface area contributed by atoms with E-state index in [1.807, 2.05) is 48.2 Å². The molecule has 136 valence electrons. The summed E-state index contributed by atoms with van der Waals surface area (Å²) < 4.78 is 5.89. The van der Waals surface area contributed by atoms with Gasteiger partial charge in [-0.25, -0.2) is 9.97 Å². The number of rotatable bonds is 4. The van der Waals surface area contributed by atoms with Gasteiger partial charge in [0.2, 0.25) is 11.9 Å². The average Bonchev–Trinajstić information content (AvgIpc) is 3.49. The summed E-state index contributed by atoms with van der Waals surface area (Å²) in [5, 5.41) is 0. The highest BCUT2D eigenvalue weighted by Crippen LogP contribution is 2.48. The molecule has 3 atom stereocenters. The molecule has 0 radical (unpaired) electrons. The van der Waals surface area contributed by atoms with Gasteiger partial charge in [0, 0.05) is 32.8 Å². The van der Waals surface area contributed by atoms with Crippen LogP contribution in [0.3, 0.4) is 0 Å². The molecule has 6 heteroatoms. The predicted molar refractivity (Wildman–Crippen MR) is 98.9 cm³/mol. The van der Waals surface area contributed by atoms with Crippen molar-refractivity contribution in [3.8, 4) is 0 Å². The van der Waals surface area contributed by atoms with Gasteiger partial charge in [0.05, 0.1) is 18.8 Å². The van der Waals surface area contributed by atoms with Gasteiger partial charge in [0.25, 0.3) is 0 Å². The van der Waals surface area contributed by atoms with Gasteiger partial charge in [-0.1, -0.05) is 30.3 Å². The molecular formula is C20H24N4O2. The second kappa shape index (κ2) is 7.03. The third kappa shape index (κ3) is 3.42. The molecular weight excluding hydrogens is 328 g/mol. The van der Waals surface area contributed by atoms with Gasteiger partial charge >= 0.3 is 0 Å². The van der Waals surface area contributed by atoms with Crippen LogP contribution < -0.4 is 4.90 Å². The Balaban J connectivity index is 1.43. The number of nitrogens with zero attached hydrogens (tertiary/aromatic N) is 4. The van der Waals surface area contributed by atoms with Crippen LogP contribution in [0.2, 0.25) is 0 Å². The zero-order chi connectivity index (χ0) is 18.1. The molecule has 2 heterocycles. The van der Waals surface area contributed by atoms with E-state index in [1.54, 1.807) is 6.20 Å². The Bertz CT molecular complexity index is 780. The summed E-state index contributed by atoms with van der Waals surface area (Å²) in [7, 11) is 3.82. The number of aromatic nitrogens is 2. The minimum Gasteiger partial charge on any atom is -0.368 e. The summed E-state index contributed by atoms with van der Waals surface area (Å²) >= 11 is 0. The lowest BCUT2D eigenvalue weighted by atomic mass is 10.1. The first kappa shape index (κ1) is 17.0. The molecule has 1 aliphatic heterocycles. The number of anilines is 1. The van der Waals surface area contributed by atoms with Crippen LogP contribution in [0.1, 0.15) is 29.7 Å². The highest BCUT2D eigenvalue weighted by molar-refractivity contribution is 5.83. The number of hydrogen-bond acceptors (Lipinski definition) is 5. The van der Waals surface area contributed by atoms with Crippen LogP contribution in [0.25, 0.3) is 0 Å². The Kier molecular flexibility index (Phi) is 4.59. The van der Waals surface area contributed by atoms with Gasteiger partial charge < -0.3 is 14.5 Å². The Morgan fingerprint density at radius 3 is 2.81 bits per heavy atom. The van der Waals surface area contributed by atoms with Crippen molar-refractivity contribution >= 4 is 11.9 Å². The fraction of sp³-hybridized carbons (Fsp3) is 0.450. The maximum Gasteiger partial charge on any atom is 0.226 e. The Morgan fingerprint density at radius 1 is 1.23 bits per heavy atom. The van der Waals surface area contributed by atoms with Gasteiger partial charge in [-0.2, -0.15) is 0 Å². The van der Waals surface area contributed by atoms with Crippen LogP contribution >= 0.6 is 0 Å². The zero-order valence-corrected chi connectivity index (χ0v) is 15.2. The number of carbonyl (C=O) groups is 1. The van der Waals surface area contributed by atoms with Crippen LogP contribution in [0, 0.1) is 5.92 Å². The number of benzene rings is 1. The number of morpholine rings is 1. The van der Waals surface area contributed by atoms with Crippen molar-refractivity contribution in [2.75, 3.05) is 38.7 Å². The van der Waals surface area contributed by atoms with Crippen LogP contribution in [-0.4, -0.2) is 54.6 Å². The average molecular weight is 352 g/mol. The van der Waals surface area contributed by atoms with E-state index in [4.69, 9.17) is 4.74 Å². The molecule has 2 fully saturated rings. The molecule has 1 aliphatic carbocycles. The summed E-state index contributed by atoms with van der Waals surface area (Å²) in [5.41, 5.74) is 2.10. The third-order valence-electron chi connectivity index (χ3n) is 5.11. The second-order valence-electron chi connectivity index (χ2n) is 7.18. The lowest BCUT2D eigenvalue weighted by Crippen LogP contribution is -2.43. The smallest absolute Gasteiger partial charge is 0.226 e. The van der Waals surface area contributed by atoms with Gasteiger partial charge in [0.15, 0.2) is 0 Å². The normalized spacial score (nSPS) is 25.0. The minimum atomic E-state index is -0.191. The van der Waals surface area contributed by atoms with Crippen molar-refractivity contribution in [1.29, 1.82) is 0 Å². The van der Waals surface area contributed by atoms with Crippen LogP contribution in [-0.2, 0) is 9.53 Å². The molecule has 3 unspecified atom stereocenters. The number of amides is 1. The van der Waals surface area contributed by atoms with Crippen LogP contribution in [0.4, 0.5) is 5.95 Å². The summed E-state index contributed by atoms with van der Waals surface area (Å²) in [6.07, 6.45) is 2.50. The number of carbonyl (C=O) groups excluding carboxylic acids is 1. The predicted octanol–water partition coefficient (Wildman–Crippen LogP) is 2.25. The quantitative estimate of drug-likeness (QED) is 0.845. The van der Waals surface area contributed by atoms with Crippen molar-refractivity contribution in [3.63, 3.8) is 0 Å². The summed E-state index contributed by atoms with van der Waals surface area (Å²) in [4.78, 5) is 25.5. The third-order valence-corrected chi connectivity index (χ3v) is 5.11. The topological polar surface area (TPSA) is 58.6 Å². The molecule has 2 aliphatic rings. The Labute approximate surface area is 153 Å². The maximum absolute atomic E-state index is 12.9. The van der Waals surface area contributed by atoms with E-state index in [9.17, 15) is 4.79 Å². The SMILES string of the molecule is CN(C)c1nccc(C2CN(C(=O)C3CC3c3ccccc3)CCO2)n1. The Morgan fingerprint density at radius 2 is 2.04 bits per heavy atom. The van der Waals surface area contributed by atoms with Crippen molar-refractivity contribution in [1.82, 2.24) is 14.9 Å². The maximum atomic E-state index is 12.9. The minimum absolute atomic E-state index is 0.110. The number of hydrogen-bond donors (Lipinski definition) is 0. The molecule has 6 nitrogen and oxygen atoms in total. The highest BCUT2D eigenvalue weighted by atomic mass is 16.5. The summed E-state index contributed by atoms with van der Waals surface area (Å²) in [5.74, 6) is 1.37. The molecule has 1 saturated carbocycles. The van der Waals surface area contributed by atoms with E-state index in [0.29, 0.717) is 31.6 Å². The fourth-order valence-electron chi connectivity index (χ4n) is 3.56. The van der Waals surface area contributed by atoms with Crippen molar-refractivity contribution in [2.24, 2.45) is 5.92 Å². The van der Waals surface area contributed by atoms with Gasteiger partial charge in [-0.15, -0.1) is 0 Å². The fourth-order valence-corrected chi connectivity index (χ4v) is 3.56. The van der Waals surface area contributed by atoms with E-state index < -0.39 is 0 Å². The first-order valence-corrected chi connectivity index (χ1v) is 9.09. The van der Waals surface area contributed by atoms with E-state index in [1.165, 1.54) is 5.56 Å². The zero-order valence-electron chi connectivity index (χ0n) is 15.2.